The SMILES string of the molecule is C[C@H]1CCC(O)NC1. The highest BCUT2D eigenvalue weighted by atomic mass is 16.3. The fourth-order valence-electron chi connectivity index (χ4n) is 0.984. The summed E-state index contributed by atoms with van der Waals surface area (Å²) < 4.78 is 0. The van der Waals surface area contributed by atoms with Gasteiger partial charge in [-0.3, -0.25) is 5.32 Å². The van der Waals surface area contributed by atoms with Crippen LogP contribution < -0.4 is 5.32 Å². The van der Waals surface area contributed by atoms with Gasteiger partial charge in [-0.2, -0.15) is 0 Å². The van der Waals surface area contributed by atoms with Gasteiger partial charge in [0, 0.05) is 6.54 Å². The van der Waals surface area contributed by atoms with Crippen molar-refractivity contribution in [2.75, 3.05) is 6.54 Å². The Morgan fingerprint density at radius 3 is 2.62 bits per heavy atom. The van der Waals surface area contributed by atoms with Crippen LogP contribution in [0.4, 0.5) is 0 Å². The third-order valence-corrected chi connectivity index (χ3v) is 1.63. The van der Waals surface area contributed by atoms with E-state index in [1.54, 1.807) is 0 Å². The molecular weight excluding hydrogens is 102 g/mol. The molecular formula is C6H13NO. The average molecular weight is 115 g/mol. The number of aliphatic hydroxyl groups excluding tert-OH is 1. The van der Waals surface area contributed by atoms with Crippen LogP contribution in [0, 0.1) is 5.92 Å². The summed E-state index contributed by atoms with van der Waals surface area (Å²) in [4.78, 5) is 0. The summed E-state index contributed by atoms with van der Waals surface area (Å²) in [6.45, 7) is 3.17. The molecule has 1 unspecified atom stereocenters. The fourth-order valence-corrected chi connectivity index (χ4v) is 0.984. The van der Waals surface area contributed by atoms with E-state index in [0.717, 1.165) is 25.3 Å². The Morgan fingerprint density at radius 2 is 2.25 bits per heavy atom. The molecule has 1 aliphatic rings. The molecule has 0 radical (unpaired) electrons. The molecule has 0 aromatic heterocycles. The minimum Gasteiger partial charge on any atom is -0.379 e. The van der Waals surface area contributed by atoms with Crippen molar-refractivity contribution in [3.05, 3.63) is 0 Å². The van der Waals surface area contributed by atoms with Gasteiger partial charge in [0.25, 0.3) is 0 Å². The molecule has 2 atom stereocenters. The smallest absolute Gasteiger partial charge is 0.104 e. The third-order valence-electron chi connectivity index (χ3n) is 1.63. The molecule has 0 bridgehead atoms. The van der Waals surface area contributed by atoms with E-state index in [2.05, 4.69) is 12.2 Å². The fraction of sp³-hybridized carbons (Fsp3) is 1.00. The summed E-state index contributed by atoms with van der Waals surface area (Å²) in [7, 11) is 0. The second-order valence-corrected chi connectivity index (χ2v) is 2.61. The molecule has 0 aliphatic carbocycles. The summed E-state index contributed by atoms with van der Waals surface area (Å²) >= 11 is 0. The number of rotatable bonds is 0. The molecule has 48 valence electrons. The van der Waals surface area contributed by atoms with Crippen molar-refractivity contribution in [3.63, 3.8) is 0 Å². The van der Waals surface area contributed by atoms with Gasteiger partial charge in [0.1, 0.15) is 6.23 Å². The van der Waals surface area contributed by atoms with Gasteiger partial charge in [-0.1, -0.05) is 6.92 Å². The van der Waals surface area contributed by atoms with E-state index in [1.807, 2.05) is 0 Å². The Kier molecular flexibility index (Phi) is 1.86. The molecule has 0 amide bonds. The van der Waals surface area contributed by atoms with Gasteiger partial charge in [-0.05, 0) is 18.8 Å². The highest BCUT2D eigenvalue weighted by Gasteiger charge is 2.13. The summed E-state index contributed by atoms with van der Waals surface area (Å²) in [5.41, 5.74) is 0. The van der Waals surface area contributed by atoms with Crippen molar-refractivity contribution >= 4 is 0 Å². The standard InChI is InChI=1S/C6H13NO/c1-5-2-3-6(8)7-4-5/h5-8H,2-4H2,1H3/t5-,6?/m0/s1. The molecule has 0 aromatic carbocycles. The zero-order chi connectivity index (χ0) is 5.98. The van der Waals surface area contributed by atoms with Crippen LogP contribution in [0.2, 0.25) is 0 Å². The predicted octanol–water partition coefficient (Wildman–Crippen LogP) is 0.324. The van der Waals surface area contributed by atoms with E-state index in [1.165, 1.54) is 0 Å². The van der Waals surface area contributed by atoms with Gasteiger partial charge in [-0.25, -0.2) is 0 Å². The highest BCUT2D eigenvalue weighted by molar-refractivity contribution is 4.67. The van der Waals surface area contributed by atoms with Crippen LogP contribution in [-0.2, 0) is 0 Å². The molecule has 0 spiro atoms. The normalized spacial score (nSPS) is 39.8. The van der Waals surface area contributed by atoms with E-state index in [-0.39, 0.29) is 6.23 Å². The summed E-state index contributed by atoms with van der Waals surface area (Å²) in [5.74, 6) is 0.749. The van der Waals surface area contributed by atoms with Crippen LogP contribution in [0.3, 0.4) is 0 Å². The van der Waals surface area contributed by atoms with E-state index in [4.69, 9.17) is 5.11 Å². The minimum absolute atomic E-state index is 0.230. The molecule has 1 rings (SSSR count). The second-order valence-electron chi connectivity index (χ2n) is 2.61. The van der Waals surface area contributed by atoms with Crippen LogP contribution in [0.5, 0.6) is 0 Å². The molecule has 0 saturated carbocycles. The summed E-state index contributed by atoms with van der Waals surface area (Å²) in [5, 5.41) is 11.9. The Hall–Kier alpha value is -0.0800. The Balaban J connectivity index is 2.19. The molecule has 1 fully saturated rings. The first-order valence-corrected chi connectivity index (χ1v) is 3.20. The minimum atomic E-state index is -0.230. The maximum Gasteiger partial charge on any atom is 0.104 e. The van der Waals surface area contributed by atoms with Gasteiger partial charge >= 0.3 is 0 Å². The first-order valence-electron chi connectivity index (χ1n) is 3.20. The topological polar surface area (TPSA) is 32.3 Å². The number of hydrogen-bond acceptors (Lipinski definition) is 2. The van der Waals surface area contributed by atoms with Crippen molar-refractivity contribution in [3.8, 4) is 0 Å². The predicted molar refractivity (Wildman–Crippen MR) is 32.4 cm³/mol. The van der Waals surface area contributed by atoms with Gasteiger partial charge in [0.05, 0.1) is 0 Å². The van der Waals surface area contributed by atoms with Crippen molar-refractivity contribution in [2.45, 2.75) is 26.0 Å². The monoisotopic (exact) mass is 115 g/mol. The first-order chi connectivity index (χ1) is 3.79. The number of aliphatic hydroxyl groups is 1. The summed E-state index contributed by atoms with van der Waals surface area (Å²) in [6, 6.07) is 0. The molecule has 1 heterocycles. The Morgan fingerprint density at radius 1 is 1.50 bits per heavy atom. The van der Waals surface area contributed by atoms with Gasteiger partial charge in [0.15, 0.2) is 0 Å². The lowest BCUT2D eigenvalue weighted by molar-refractivity contribution is 0.0919. The number of hydrogen-bond donors (Lipinski definition) is 2. The third kappa shape index (κ3) is 1.46. The highest BCUT2D eigenvalue weighted by Crippen LogP contribution is 2.10. The van der Waals surface area contributed by atoms with Crippen LogP contribution in [0.15, 0.2) is 0 Å². The quantitative estimate of drug-likeness (QED) is 0.476. The molecule has 1 aliphatic heterocycles. The average Bonchev–Trinajstić information content (AvgIpc) is 1.77. The number of nitrogens with one attached hydrogen (secondary N) is 1. The van der Waals surface area contributed by atoms with Crippen LogP contribution in [0.25, 0.3) is 0 Å². The maximum atomic E-state index is 8.92. The largest absolute Gasteiger partial charge is 0.379 e. The molecule has 2 heteroatoms. The first kappa shape index (κ1) is 6.05. The van der Waals surface area contributed by atoms with Gasteiger partial charge in [0.2, 0.25) is 0 Å². The lowest BCUT2D eigenvalue weighted by Crippen LogP contribution is -2.37. The summed E-state index contributed by atoms with van der Waals surface area (Å²) in [6.07, 6.45) is 1.85. The van der Waals surface area contributed by atoms with Gasteiger partial charge in [-0.15, -0.1) is 0 Å². The Bertz CT molecular complexity index is 56.9. The van der Waals surface area contributed by atoms with Crippen LogP contribution in [-0.4, -0.2) is 17.9 Å². The number of piperidine rings is 1. The van der Waals surface area contributed by atoms with E-state index < -0.39 is 0 Å². The van der Waals surface area contributed by atoms with Gasteiger partial charge < -0.3 is 5.11 Å². The molecule has 0 aromatic rings. The van der Waals surface area contributed by atoms with Crippen molar-refractivity contribution in [1.82, 2.24) is 5.32 Å². The second kappa shape index (κ2) is 2.46. The van der Waals surface area contributed by atoms with Crippen molar-refractivity contribution in [2.24, 2.45) is 5.92 Å². The maximum absolute atomic E-state index is 8.92. The molecule has 2 N–H and O–H groups in total. The van der Waals surface area contributed by atoms with Crippen molar-refractivity contribution < 1.29 is 5.11 Å². The van der Waals surface area contributed by atoms with E-state index >= 15 is 0 Å². The van der Waals surface area contributed by atoms with Crippen LogP contribution in [0.1, 0.15) is 19.8 Å². The lowest BCUT2D eigenvalue weighted by atomic mass is 10.0. The molecule has 2 nitrogen and oxygen atoms in total. The zero-order valence-corrected chi connectivity index (χ0v) is 5.22. The lowest BCUT2D eigenvalue weighted by Gasteiger charge is -2.23. The molecule has 8 heavy (non-hydrogen) atoms. The molecule has 1 saturated heterocycles. The van der Waals surface area contributed by atoms with E-state index in [9.17, 15) is 0 Å². The van der Waals surface area contributed by atoms with E-state index in [0.29, 0.717) is 0 Å². The van der Waals surface area contributed by atoms with Crippen LogP contribution >= 0.6 is 0 Å². The Labute approximate surface area is 49.9 Å². The van der Waals surface area contributed by atoms with Crippen molar-refractivity contribution in [1.29, 1.82) is 0 Å². The zero-order valence-electron chi connectivity index (χ0n) is 5.22.